The molecule has 1 heterocycles. The van der Waals surface area contributed by atoms with Gasteiger partial charge < -0.3 is 9.64 Å². The number of hydrogen-bond acceptors (Lipinski definition) is 6. The van der Waals surface area contributed by atoms with Crippen molar-refractivity contribution >= 4 is 38.6 Å². The van der Waals surface area contributed by atoms with Gasteiger partial charge in [0.25, 0.3) is 5.91 Å². The first-order valence-corrected chi connectivity index (χ1v) is 9.32. The number of para-hydroxylation sites is 1. The highest BCUT2D eigenvalue weighted by atomic mass is 32.1. The number of fused-ring (bicyclic) bond motifs is 1. The van der Waals surface area contributed by atoms with Crippen molar-refractivity contribution in [3.63, 3.8) is 0 Å². The molecule has 0 spiro atoms. The molecule has 0 fully saturated rings. The smallest absolute Gasteiger partial charge is 0.337 e. The molecule has 7 heteroatoms. The van der Waals surface area contributed by atoms with E-state index in [-0.39, 0.29) is 5.91 Å². The fourth-order valence-electron chi connectivity index (χ4n) is 2.58. The molecule has 0 radical (unpaired) electrons. The molecule has 0 atom stereocenters. The number of methoxy groups -OCH3 is 1. The van der Waals surface area contributed by atoms with Crippen LogP contribution in [0.25, 0.3) is 10.2 Å². The summed E-state index contributed by atoms with van der Waals surface area (Å²) in [6, 6.07) is 14.3. The van der Waals surface area contributed by atoms with Crippen LogP contribution in [0.1, 0.15) is 20.7 Å². The number of carbonyl (C=O) groups excluding carboxylic acids is 2. The molecule has 0 saturated heterocycles. The lowest BCUT2D eigenvalue weighted by atomic mass is 10.1. The number of hydrogen-bond donors (Lipinski definition) is 0. The van der Waals surface area contributed by atoms with Crippen LogP contribution in [0.3, 0.4) is 0 Å². The summed E-state index contributed by atoms with van der Waals surface area (Å²) in [5.74, 6) is -0.572. The van der Waals surface area contributed by atoms with Gasteiger partial charge in [-0.1, -0.05) is 23.5 Å². The topological polar surface area (TPSA) is 62.7 Å². The Kier molecular flexibility index (Phi) is 5.83. The van der Waals surface area contributed by atoms with Crippen molar-refractivity contribution < 1.29 is 14.3 Å². The molecular formula is C20H21N3O3S. The molecule has 0 N–H and O–H groups in total. The Labute approximate surface area is 162 Å². The van der Waals surface area contributed by atoms with Gasteiger partial charge in [0, 0.05) is 18.7 Å². The highest BCUT2D eigenvalue weighted by Gasteiger charge is 2.21. The summed E-state index contributed by atoms with van der Waals surface area (Å²) in [5.41, 5.74) is 1.79. The second kappa shape index (κ2) is 8.28. The van der Waals surface area contributed by atoms with Crippen LogP contribution >= 0.6 is 11.3 Å². The van der Waals surface area contributed by atoms with Crippen LogP contribution in [0.5, 0.6) is 0 Å². The molecule has 2 aromatic carbocycles. The number of likely N-dealkylation sites (N-methyl/N-ethyl adjacent to an activating group) is 1. The zero-order chi connectivity index (χ0) is 19.4. The lowest BCUT2D eigenvalue weighted by molar-refractivity contribution is 0.0600. The normalized spacial score (nSPS) is 11.0. The average Bonchev–Trinajstić information content (AvgIpc) is 3.11. The molecule has 0 aliphatic carbocycles. The number of rotatable bonds is 6. The summed E-state index contributed by atoms with van der Waals surface area (Å²) in [4.78, 5) is 33.1. The number of amides is 1. The van der Waals surface area contributed by atoms with Crippen LogP contribution in [0, 0.1) is 0 Å². The van der Waals surface area contributed by atoms with Gasteiger partial charge in [-0.05, 0) is 50.5 Å². The van der Waals surface area contributed by atoms with Gasteiger partial charge in [-0.25, -0.2) is 9.78 Å². The third-order valence-electron chi connectivity index (χ3n) is 4.08. The summed E-state index contributed by atoms with van der Waals surface area (Å²) in [6.07, 6.45) is 0. The van der Waals surface area contributed by atoms with Crippen LogP contribution in [-0.4, -0.2) is 56.1 Å². The Morgan fingerprint density at radius 1 is 1.00 bits per heavy atom. The zero-order valence-electron chi connectivity index (χ0n) is 15.5. The van der Waals surface area contributed by atoms with E-state index in [4.69, 9.17) is 4.74 Å². The Bertz CT molecular complexity index is 918. The molecule has 3 rings (SSSR count). The van der Waals surface area contributed by atoms with E-state index in [1.807, 2.05) is 43.3 Å². The summed E-state index contributed by atoms with van der Waals surface area (Å²) < 4.78 is 5.74. The van der Waals surface area contributed by atoms with Crippen molar-refractivity contribution in [3.8, 4) is 0 Å². The van der Waals surface area contributed by atoms with Gasteiger partial charge >= 0.3 is 5.97 Å². The zero-order valence-corrected chi connectivity index (χ0v) is 16.3. The quantitative estimate of drug-likeness (QED) is 0.611. The molecule has 0 aliphatic heterocycles. The van der Waals surface area contributed by atoms with Crippen LogP contribution in [0.15, 0.2) is 48.5 Å². The number of benzene rings is 2. The van der Waals surface area contributed by atoms with Gasteiger partial charge in [0.15, 0.2) is 5.13 Å². The van der Waals surface area contributed by atoms with Crippen LogP contribution in [0.2, 0.25) is 0 Å². The summed E-state index contributed by atoms with van der Waals surface area (Å²) in [6.45, 7) is 1.23. The summed E-state index contributed by atoms with van der Waals surface area (Å²) in [5, 5.41) is 0.667. The number of nitrogens with zero attached hydrogens (tertiary/aromatic N) is 3. The van der Waals surface area contributed by atoms with Gasteiger partial charge in [-0.2, -0.15) is 0 Å². The minimum Gasteiger partial charge on any atom is -0.465 e. The monoisotopic (exact) mass is 383 g/mol. The van der Waals surface area contributed by atoms with Gasteiger partial charge in [0.05, 0.1) is 22.9 Å². The third-order valence-corrected chi connectivity index (χ3v) is 5.14. The van der Waals surface area contributed by atoms with Crippen molar-refractivity contribution in [1.82, 2.24) is 9.88 Å². The van der Waals surface area contributed by atoms with Crippen molar-refractivity contribution in [1.29, 1.82) is 0 Å². The van der Waals surface area contributed by atoms with Gasteiger partial charge in [0.1, 0.15) is 0 Å². The van der Waals surface area contributed by atoms with Crippen molar-refractivity contribution in [3.05, 3.63) is 59.7 Å². The van der Waals surface area contributed by atoms with E-state index in [9.17, 15) is 9.59 Å². The molecule has 140 valence electrons. The predicted molar refractivity (Wildman–Crippen MR) is 108 cm³/mol. The van der Waals surface area contributed by atoms with Gasteiger partial charge in [-0.15, -0.1) is 0 Å². The molecule has 0 saturated carbocycles. The number of esters is 1. The first kappa shape index (κ1) is 19.0. The van der Waals surface area contributed by atoms with Crippen molar-refractivity contribution in [2.45, 2.75) is 0 Å². The van der Waals surface area contributed by atoms with Gasteiger partial charge in [0.2, 0.25) is 0 Å². The largest absolute Gasteiger partial charge is 0.465 e. The maximum Gasteiger partial charge on any atom is 0.337 e. The Balaban J connectivity index is 1.92. The minimum absolute atomic E-state index is 0.146. The lowest BCUT2D eigenvalue weighted by Gasteiger charge is -2.22. The fourth-order valence-corrected chi connectivity index (χ4v) is 3.57. The molecule has 1 amide bonds. The van der Waals surface area contributed by atoms with E-state index in [0.29, 0.717) is 29.3 Å². The van der Waals surface area contributed by atoms with Crippen molar-refractivity contribution in [2.24, 2.45) is 0 Å². The Morgan fingerprint density at radius 3 is 2.30 bits per heavy atom. The highest BCUT2D eigenvalue weighted by Crippen LogP contribution is 2.29. The molecule has 1 aromatic heterocycles. The van der Waals surface area contributed by atoms with E-state index in [1.54, 1.807) is 29.2 Å². The third kappa shape index (κ3) is 4.32. The van der Waals surface area contributed by atoms with E-state index < -0.39 is 5.97 Å². The Hall–Kier alpha value is -2.77. The molecule has 3 aromatic rings. The van der Waals surface area contributed by atoms with Crippen LogP contribution < -0.4 is 4.90 Å². The number of ether oxygens (including phenoxy) is 1. The van der Waals surface area contributed by atoms with Crippen molar-refractivity contribution in [2.75, 3.05) is 39.2 Å². The number of carbonyl (C=O) groups is 2. The first-order valence-electron chi connectivity index (χ1n) is 8.50. The highest BCUT2D eigenvalue weighted by molar-refractivity contribution is 7.22. The maximum atomic E-state index is 13.1. The number of thiazole rings is 1. The maximum absolute atomic E-state index is 13.1. The second-order valence-electron chi connectivity index (χ2n) is 6.29. The molecule has 27 heavy (non-hydrogen) atoms. The number of anilines is 1. The average molecular weight is 383 g/mol. The molecule has 0 bridgehead atoms. The number of aromatic nitrogens is 1. The standard InChI is InChI=1S/C20H21N3O3S/c1-22(2)12-13-23(20-21-16-6-4-5-7-17(16)27-20)18(24)14-8-10-15(11-9-14)19(25)26-3/h4-11H,12-13H2,1-3H3. The van der Waals surface area contributed by atoms with E-state index >= 15 is 0 Å². The summed E-state index contributed by atoms with van der Waals surface area (Å²) in [7, 11) is 5.26. The van der Waals surface area contributed by atoms with E-state index in [0.717, 1.165) is 10.2 Å². The molecule has 6 nitrogen and oxygen atoms in total. The van der Waals surface area contributed by atoms with E-state index in [2.05, 4.69) is 4.98 Å². The molecule has 0 aliphatic rings. The van der Waals surface area contributed by atoms with Gasteiger partial charge in [-0.3, -0.25) is 9.69 Å². The molecular weight excluding hydrogens is 362 g/mol. The lowest BCUT2D eigenvalue weighted by Crippen LogP contribution is -2.36. The predicted octanol–water partition coefficient (Wildman–Crippen LogP) is 3.29. The van der Waals surface area contributed by atoms with Crippen LogP contribution in [-0.2, 0) is 4.74 Å². The fraction of sp³-hybridized carbons (Fsp3) is 0.250. The summed E-state index contributed by atoms with van der Waals surface area (Å²) >= 11 is 1.49. The van der Waals surface area contributed by atoms with E-state index in [1.165, 1.54) is 18.4 Å². The minimum atomic E-state index is -0.426. The Morgan fingerprint density at radius 2 is 1.67 bits per heavy atom. The second-order valence-corrected chi connectivity index (χ2v) is 7.30. The van der Waals surface area contributed by atoms with Crippen LogP contribution in [0.4, 0.5) is 5.13 Å². The molecule has 0 unspecified atom stereocenters. The SMILES string of the molecule is COC(=O)c1ccc(C(=O)N(CCN(C)C)c2nc3ccccc3s2)cc1. The first-order chi connectivity index (χ1) is 13.0.